The second-order valence-electron chi connectivity index (χ2n) is 5.83. The summed E-state index contributed by atoms with van der Waals surface area (Å²) < 4.78 is 0. The molecule has 1 aliphatic heterocycles. The van der Waals surface area contributed by atoms with Crippen molar-refractivity contribution < 1.29 is 19.8 Å². The monoisotopic (exact) mass is 285 g/mol. The molecule has 0 aromatic heterocycles. The third-order valence-corrected chi connectivity index (χ3v) is 4.43. The molecule has 0 aliphatic carbocycles. The number of aliphatic carboxylic acids is 1. The predicted octanol–water partition coefficient (Wildman–Crippen LogP) is 2.03. The van der Waals surface area contributed by atoms with E-state index in [2.05, 4.69) is 0 Å². The molecule has 0 spiro atoms. The number of carboxylic acids is 1. The fourth-order valence-corrected chi connectivity index (χ4v) is 2.93. The largest absolute Gasteiger partial charge is 0.481 e. The lowest BCUT2D eigenvalue weighted by molar-refractivity contribution is -0.154. The molecular weight excluding hydrogens is 258 g/mol. The number of nitrogens with zero attached hydrogens (tertiary/aromatic N) is 1. The van der Waals surface area contributed by atoms with E-state index >= 15 is 0 Å². The maximum absolute atomic E-state index is 11.6. The van der Waals surface area contributed by atoms with Gasteiger partial charge in [0.2, 0.25) is 5.91 Å². The maximum Gasteiger partial charge on any atom is 0.309 e. The van der Waals surface area contributed by atoms with E-state index in [1.165, 1.54) is 6.92 Å². The van der Waals surface area contributed by atoms with Crippen molar-refractivity contribution in [1.82, 2.24) is 4.90 Å². The lowest BCUT2D eigenvalue weighted by Crippen LogP contribution is -2.45. The fourth-order valence-electron chi connectivity index (χ4n) is 2.93. The van der Waals surface area contributed by atoms with Crippen LogP contribution in [0.1, 0.15) is 58.3 Å². The van der Waals surface area contributed by atoms with E-state index in [0.29, 0.717) is 32.4 Å². The number of unbranched alkanes of at least 4 members (excludes halogenated alkanes) is 4. The molecule has 0 unspecified atom stereocenters. The van der Waals surface area contributed by atoms with Crippen LogP contribution < -0.4 is 0 Å². The standard InChI is InChI=1S/C15H27NO4/c1-13(18)16-10-8-15(9-11-16,14(19)20)7-5-3-2-4-6-12-17/h17H,2-12H2,1H3,(H,19,20). The van der Waals surface area contributed by atoms with Gasteiger partial charge >= 0.3 is 5.97 Å². The Bertz CT molecular complexity index is 322. The molecule has 5 nitrogen and oxygen atoms in total. The third-order valence-electron chi connectivity index (χ3n) is 4.43. The molecule has 1 fully saturated rings. The minimum absolute atomic E-state index is 0.0352. The van der Waals surface area contributed by atoms with Crippen molar-refractivity contribution in [3.63, 3.8) is 0 Å². The van der Waals surface area contributed by atoms with Gasteiger partial charge in [0.05, 0.1) is 5.41 Å². The van der Waals surface area contributed by atoms with E-state index in [9.17, 15) is 14.7 Å². The molecule has 20 heavy (non-hydrogen) atoms. The number of carbonyl (C=O) groups is 2. The minimum atomic E-state index is -0.712. The summed E-state index contributed by atoms with van der Waals surface area (Å²) in [4.78, 5) is 24.6. The number of rotatable bonds is 8. The quantitative estimate of drug-likeness (QED) is 0.669. The van der Waals surface area contributed by atoms with Gasteiger partial charge < -0.3 is 15.1 Å². The number of hydrogen-bond acceptors (Lipinski definition) is 3. The molecule has 0 aromatic rings. The molecule has 0 atom stereocenters. The Balaban J connectivity index is 2.37. The normalized spacial score (nSPS) is 18.0. The molecular formula is C15H27NO4. The highest BCUT2D eigenvalue weighted by atomic mass is 16.4. The summed E-state index contributed by atoms with van der Waals surface area (Å²) in [6, 6.07) is 0. The summed E-state index contributed by atoms with van der Waals surface area (Å²) in [5.74, 6) is -0.677. The Morgan fingerprint density at radius 1 is 1.05 bits per heavy atom. The van der Waals surface area contributed by atoms with Gasteiger partial charge in [-0.3, -0.25) is 9.59 Å². The molecule has 0 radical (unpaired) electrons. The summed E-state index contributed by atoms with van der Waals surface area (Å²) in [5.41, 5.74) is -0.636. The highest BCUT2D eigenvalue weighted by Crippen LogP contribution is 2.37. The molecule has 1 aliphatic rings. The maximum atomic E-state index is 11.6. The zero-order chi connectivity index (χ0) is 15.0. The average molecular weight is 285 g/mol. The lowest BCUT2D eigenvalue weighted by atomic mass is 9.74. The number of hydrogen-bond donors (Lipinski definition) is 2. The lowest BCUT2D eigenvalue weighted by Gasteiger charge is -2.38. The number of likely N-dealkylation sites (tertiary alicyclic amines) is 1. The molecule has 0 saturated carbocycles. The van der Waals surface area contributed by atoms with Crippen molar-refractivity contribution in [2.24, 2.45) is 5.41 Å². The number of aliphatic hydroxyl groups is 1. The van der Waals surface area contributed by atoms with Crippen LogP contribution in [-0.2, 0) is 9.59 Å². The van der Waals surface area contributed by atoms with Crippen LogP contribution in [0, 0.1) is 5.41 Å². The van der Waals surface area contributed by atoms with E-state index in [1.807, 2.05) is 0 Å². The first-order chi connectivity index (χ1) is 9.52. The Kier molecular flexibility index (Phi) is 6.99. The van der Waals surface area contributed by atoms with Crippen LogP contribution in [0.3, 0.4) is 0 Å². The van der Waals surface area contributed by atoms with Crippen molar-refractivity contribution in [1.29, 1.82) is 0 Å². The van der Waals surface area contributed by atoms with E-state index in [1.54, 1.807) is 4.90 Å². The van der Waals surface area contributed by atoms with Gasteiger partial charge in [0.1, 0.15) is 0 Å². The predicted molar refractivity (Wildman–Crippen MR) is 76.3 cm³/mol. The smallest absolute Gasteiger partial charge is 0.309 e. The van der Waals surface area contributed by atoms with Crippen molar-refractivity contribution in [3.05, 3.63) is 0 Å². The minimum Gasteiger partial charge on any atom is -0.481 e. The summed E-state index contributed by atoms with van der Waals surface area (Å²) >= 11 is 0. The molecule has 1 heterocycles. The SMILES string of the molecule is CC(=O)N1CCC(CCCCCCCO)(C(=O)O)CC1. The highest BCUT2D eigenvalue weighted by Gasteiger charge is 2.41. The van der Waals surface area contributed by atoms with Crippen LogP contribution in [0.5, 0.6) is 0 Å². The van der Waals surface area contributed by atoms with Crippen LogP contribution in [0.15, 0.2) is 0 Å². The molecule has 1 amide bonds. The Hall–Kier alpha value is -1.10. The van der Waals surface area contributed by atoms with Crippen molar-refractivity contribution in [2.75, 3.05) is 19.7 Å². The second kappa shape index (κ2) is 8.25. The van der Waals surface area contributed by atoms with Crippen LogP contribution in [-0.4, -0.2) is 46.7 Å². The molecule has 0 bridgehead atoms. The Labute approximate surface area is 121 Å². The summed E-state index contributed by atoms with van der Waals surface area (Å²) in [5, 5.41) is 18.2. The van der Waals surface area contributed by atoms with Crippen LogP contribution in [0.4, 0.5) is 0 Å². The molecule has 116 valence electrons. The molecule has 0 aromatic carbocycles. The van der Waals surface area contributed by atoms with Crippen molar-refractivity contribution in [2.45, 2.75) is 58.3 Å². The van der Waals surface area contributed by atoms with E-state index in [-0.39, 0.29) is 12.5 Å². The van der Waals surface area contributed by atoms with Gasteiger partial charge in [0.15, 0.2) is 0 Å². The molecule has 1 rings (SSSR count). The first kappa shape index (κ1) is 17.0. The topological polar surface area (TPSA) is 77.8 Å². The summed E-state index contributed by atoms with van der Waals surface area (Å²) in [6.07, 6.45) is 6.66. The molecule has 2 N–H and O–H groups in total. The van der Waals surface area contributed by atoms with Crippen LogP contribution >= 0.6 is 0 Å². The van der Waals surface area contributed by atoms with Gasteiger partial charge in [0, 0.05) is 26.6 Å². The first-order valence-electron chi connectivity index (χ1n) is 7.61. The zero-order valence-corrected chi connectivity index (χ0v) is 12.4. The first-order valence-corrected chi connectivity index (χ1v) is 7.61. The highest BCUT2D eigenvalue weighted by molar-refractivity contribution is 5.76. The van der Waals surface area contributed by atoms with Crippen molar-refractivity contribution in [3.8, 4) is 0 Å². The molecule has 1 saturated heterocycles. The van der Waals surface area contributed by atoms with Gasteiger partial charge in [-0.2, -0.15) is 0 Å². The Morgan fingerprint density at radius 2 is 1.60 bits per heavy atom. The fraction of sp³-hybridized carbons (Fsp3) is 0.867. The van der Waals surface area contributed by atoms with Crippen molar-refractivity contribution >= 4 is 11.9 Å². The number of piperidine rings is 1. The Morgan fingerprint density at radius 3 is 2.10 bits per heavy atom. The van der Waals surface area contributed by atoms with E-state index in [4.69, 9.17) is 5.11 Å². The number of carboxylic acid groups (broad SMARTS) is 1. The van der Waals surface area contributed by atoms with Gasteiger partial charge in [0.25, 0.3) is 0 Å². The van der Waals surface area contributed by atoms with Gasteiger partial charge in [-0.05, 0) is 25.7 Å². The van der Waals surface area contributed by atoms with E-state index in [0.717, 1.165) is 32.1 Å². The van der Waals surface area contributed by atoms with Gasteiger partial charge in [-0.1, -0.05) is 25.7 Å². The van der Waals surface area contributed by atoms with Crippen LogP contribution in [0.25, 0.3) is 0 Å². The third kappa shape index (κ3) is 4.78. The van der Waals surface area contributed by atoms with Gasteiger partial charge in [-0.25, -0.2) is 0 Å². The second-order valence-corrected chi connectivity index (χ2v) is 5.83. The van der Waals surface area contributed by atoms with E-state index < -0.39 is 11.4 Å². The zero-order valence-electron chi connectivity index (χ0n) is 12.4. The number of aliphatic hydroxyl groups excluding tert-OH is 1. The molecule has 5 heteroatoms. The summed E-state index contributed by atoms with van der Waals surface area (Å²) in [7, 11) is 0. The summed E-state index contributed by atoms with van der Waals surface area (Å²) in [6.45, 7) is 2.90. The van der Waals surface area contributed by atoms with Crippen LogP contribution in [0.2, 0.25) is 0 Å². The van der Waals surface area contributed by atoms with Gasteiger partial charge in [-0.15, -0.1) is 0 Å². The average Bonchev–Trinajstić information content (AvgIpc) is 2.43. The number of amides is 1. The number of carbonyl (C=O) groups excluding carboxylic acids is 1.